The van der Waals surface area contributed by atoms with Crippen LogP contribution in [0.25, 0.3) is 0 Å². The maximum absolute atomic E-state index is 14.1. The van der Waals surface area contributed by atoms with Crippen LogP contribution in [-0.2, 0) is 14.8 Å². The first-order valence-corrected chi connectivity index (χ1v) is 8.29. The third kappa shape index (κ3) is 3.42. The zero-order valence-corrected chi connectivity index (χ0v) is 13.4. The Morgan fingerprint density at radius 2 is 2.10 bits per heavy atom. The van der Waals surface area contributed by atoms with Crippen molar-refractivity contribution in [2.75, 3.05) is 7.11 Å². The fourth-order valence-corrected chi connectivity index (χ4v) is 4.05. The monoisotopic (exact) mass is 381 g/mol. The molecule has 6 nitrogen and oxygen atoms in total. The number of sulfonamides is 1. The van der Waals surface area contributed by atoms with Crippen LogP contribution in [0.15, 0.2) is 21.5 Å². The highest BCUT2D eigenvalue weighted by Crippen LogP contribution is 2.28. The van der Waals surface area contributed by atoms with Crippen molar-refractivity contribution in [3.63, 3.8) is 0 Å². The van der Waals surface area contributed by atoms with Gasteiger partial charge in [0.25, 0.3) is 0 Å². The molecule has 116 valence electrons. The van der Waals surface area contributed by atoms with Gasteiger partial charge in [-0.05, 0) is 25.0 Å². The van der Waals surface area contributed by atoms with Crippen LogP contribution >= 0.6 is 15.9 Å². The number of ether oxygens (including phenoxy) is 1. The van der Waals surface area contributed by atoms with Crippen LogP contribution in [0.2, 0.25) is 0 Å². The molecule has 1 saturated carbocycles. The van der Waals surface area contributed by atoms with E-state index in [0.29, 0.717) is 12.8 Å². The van der Waals surface area contributed by atoms with E-state index in [2.05, 4.69) is 20.7 Å². The summed E-state index contributed by atoms with van der Waals surface area (Å²) in [5, 5.41) is 8.89. The Morgan fingerprint density at radius 3 is 2.62 bits per heavy atom. The second-order valence-corrected chi connectivity index (χ2v) is 7.32. The number of methoxy groups -OCH3 is 1. The van der Waals surface area contributed by atoms with Gasteiger partial charge in [0.1, 0.15) is 4.90 Å². The molecule has 0 saturated heterocycles. The van der Waals surface area contributed by atoms with Gasteiger partial charge in [0.05, 0.1) is 11.7 Å². The summed E-state index contributed by atoms with van der Waals surface area (Å²) in [6, 6.07) is 1.71. The minimum absolute atomic E-state index is 0.0142. The molecule has 0 bridgehead atoms. The molecule has 2 N–H and O–H groups in total. The topological polar surface area (TPSA) is 92.7 Å². The molecular weight excluding hydrogens is 369 g/mol. The average molecular weight is 382 g/mol. The van der Waals surface area contributed by atoms with E-state index in [9.17, 15) is 17.6 Å². The van der Waals surface area contributed by atoms with Gasteiger partial charge in [-0.25, -0.2) is 22.3 Å². The van der Waals surface area contributed by atoms with Crippen molar-refractivity contribution in [1.82, 2.24) is 4.72 Å². The fraction of sp³-hybridized carbons (Fsp3) is 0.417. The van der Waals surface area contributed by atoms with E-state index in [0.717, 1.165) is 12.1 Å². The minimum atomic E-state index is -4.14. The quantitative estimate of drug-likeness (QED) is 0.810. The molecule has 0 heterocycles. The number of aromatic carboxylic acids is 1. The minimum Gasteiger partial charge on any atom is -0.478 e. The molecule has 0 aliphatic heterocycles. The fourth-order valence-electron chi connectivity index (χ4n) is 2.05. The lowest BCUT2D eigenvalue weighted by molar-refractivity contribution is 0.0236. The maximum atomic E-state index is 14.1. The number of carboxylic acids is 1. The van der Waals surface area contributed by atoms with Crippen molar-refractivity contribution in [2.24, 2.45) is 0 Å². The summed E-state index contributed by atoms with van der Waals surface area (Å²) in [6.45, 7) is 0. The molecule has 0 amide bonds. The highest BCUT2D eigenvalue weighted by molar-refractivity contribution is 9.10. The average Bonchev–Trinajstić information content (AvgIpc) is 2.35. The molecule has 2 rings (SSSR count). The molecular formula is C12H13BrFNO5S. The first kappa shape index (κ1) is 16.3. The first-order chi connectivity index (χ1) is 9.74. The molecule has 0 radical (unpaired) electrons. The summed E-state index contributed by atoms with van der Waals surface area (Å²) in [4.78, 5) is 10.2. The Labute approximate surface area is 129 Å². The second kappa shape index (κ2) is 5.99. The smallest absolute Gasteiger partial charge is 0.338 e. The zero-order chi connectivity index (χ0) is 15.8. The number of carbonyl (C=O) groups is 1. The molecule has 1 aliphatic rings. The Morgan fingerprint density at radius 1 is 1.48 bits per heavy atom. The van der Waals surface area contributed by atoms with Crippen molar-refractivity contribution in [3.8, 4) is 0 Å². The molecule has 21 heavy (non-hydrogen) atoms. The van der Waals surface area contributed by atoms with Gasteiger partial charge in [-0.15, -0.1) is 0 Å². The standard InChI is InChI=1S/C12H13BrFNO5S/c1-20-8-4-7(5-8)15-21(18,19)10-3-6(13)2-9(11(10)14)12(16)17/h2-3,7-8,15H,4-5H2,1H3,(H,16,17). The van der Waals surface area contributed by atoms with Crippen LogP contribution in [0.1, 0.15) is 23.2 Å². The van der Waals surface area contributed by atoms with Crippen LogP contribution in [0, 0.1) is 5.82 Å². The molecule has 1 aromatic rings. The van der Waals surface area contributed by atoms with E-state index in [1.54, 1.807) is 0 Å². The molecule has 0 spiro atoms. The van der Waals surface area contributed by atoms with E-state index >= 15 is 0 Å². The van der Waals surface area contributed by atoms with Gasteiger partial charge >= 0.3 is 5.97 Å². The third-order valence-corrected chi connectivity index (χ3v) is 5.25. The lowest BCUT2D eigenvalue weighted by atomic mass is 9.90. The molecule has 1 aromatic carbocycles. The second-order valence-electron chi connectivity index (χ2n) is 4.72. The van der Waals surface area contributed by atoms with E-state index in [-0.39, 0.29) is 16.6 Å². The Bertz CT molecular complexity index is 672. The van der Waals surface area contributed by atoms with Crippen LogP contribution in [0.3, 0.4) is 0 Å². The number of hydrogen-bond donors (Lipinski definition) is 2. The number of halogens is 2. The lowest BCUT2D eigenvalue weighted by Crippen LogP contribution is -2.47. The van der Waals surface area contributed by atoms with E-state index in [1.165, 1.54) is 7.11 Å². The number of benzene rings is 1. The zero-order valence-electron chi connectivity index (χ0n) is 11.0. The Kier molecular flexibility index (Phi) is 4.66. The van der Waals surface area contributed by atoms with Gasteiger partial charge < -0.3 is 9.84 Å². The number of carboxylic acid groups (broad SMARTS) is 1. The summed E-state index contributed by atoms with van der Waals surface area (Å²) in [5.41, 5.74) is -0.701. The summed E-state index contributed by atoms with van der Waals surface area (Å²) in [5.74, 6) is -2.81. The largest absolute Gasteiger partial charge is 0.478 e. The van der Waals surface area contributed by atoms with Crippen LogP contribution in [-0.4, -0.2) is 38.7 Å². The van der Waals surface area contributed by atoms with Crippen molar-refractivity contribution in [2.45, 2.75) is 29.9 Å². The molecule has 1 aliphatic carbocycles. The van der Waals surface area contributed by atoms with Gasteiger partial charge in [-0.3, -0.25) is 0 Å². The predicted molar refractivity (Wildman–Crippen MR) is 75.2 cm³/mol. The third-order valence-electron chi connectivity index (χ3n) is 3.27. The van der Waals surface area contributed by atoms with E-state index < -0.39 is 32.3 Å². The summed E-state index contributed by atoms with van der Waals surface area (Å²) < 4.78 is 46.0. The Hall–Kier alpha value is -1.03. The van der Waals surface area contributed by atoms with Crippen molar-refractivity contribution < 1.29 is 27.4 Å². The van der Waals surface area contributed by atoms with Gasteiger partial charge in [0.2, 0.25) is 10.0 Å². The summed E-state index contributed by atoms with van der Waals surface area (Å²) >= 11 is 2.98. The molecule has 0 atom stereocenters. The van der Waals surface area contributed by atoms with Crippen LogP contribution in [0.5, 0.6) is 0 Å². The Balaban J connectivity index is 2.30. The highest BCUT2D eigenvalue weighted by Gasteiger charge is 2.34. The number of hydrogen-bond acceptors (Lipinski definition) is 4. The van der Waals surface area contributed by atoms with Gasteiger partial charge in [-0.1, -0.05) is 15.9 Å². The maximum Gasteiger partial charge on any atom is 0.338 e. The summed E-state index contributed by atoms with van der Waals surface area (Å²) in [6.07, 6.45) is 0.980. The van der Waals surface area contributed by atoms with Crippen LogP contribution in [0.4, 0.5) is 4.39 Å². The van der Waals surface area contributed by atoms with Crippen molar-refractivity contribution in [1.29, 1.82) is 0 Å². The lowest BCUT2D eigenvalue weighted by Gasteiger charge is -2.34. The van der Waals surface area contributed by atoms with Crippen LogP contribution < -0.4 is 4.72 Å². The van der Waals surface area contributed by atoms with E-state index in [4.69, 9.17) is 9.84 Å². The highest BCUT2D eigenvalue weighted by atomic mass is 79.9. The SMILES string of the molecule is COC1CC(NS(=O)(=O)c2cc(Br)cc(C(=O)O)c2F)C1. The van der Waals surface area contributed by atoms with Crippen molar-refractivity contribution >= 4 is 31.9 Å². The summed E-state index contributed by atoms with van der Waals surface area (Å²) in [7, 11) is -2.60. The van der Waals surface area contributed by atoms with Crippen molar-refractivity contribution in [3.05, 3.63) is 28.0 Å². The van der Waals surface area contributed by atoms with E-state index in [1.807, 2.05) is 0 Å². The molecule has 0 unspecified atom stereocenters. The normalized spacial score (nSPS) is 21.9. The molecule has 9 heteroatoms. The number of nitrogens with one attached hydrogen (secondary N) is 1. The van der Waals surface area contributed by atoms with Gasteiger partial charge in [-0.2, -0.15) is 0 Å². The predicted octanol–water partition coefficient (Wildman–Crippen LogP) is 1.74. The first-order valence-electron chi connectivity index (χ1n) is 6.02. The molecule has 0 aromatic heterocycles. The number of rotatable bonds is 5. The van der Waals surface area contributed by atoms with Gasteiger partial charge in [0.15, 0.2) is 5.82 Å². The van der Waals surface area contributed by atoms with Gasteiger partial charge in [0, 0.05) is 17.6 Å². The molecule has 1 fully saturated rings.